The Labute approximate surface area is 125 Å². The lowest BCUT2D eigenvalue weighted by molar-refractivity contribution is 0.370. The average molecular weight is 283 g/mol. The van der Waals surface area contributed by atoms with Crippen molar-refractivity contribution in [2.75, 3.05) is 13.7 Å². The Morgan fingerprint density at radius 3 is 2.90 bits per heavy atom. The van der Waals surface area contributed by atoms with E-state index in [2.05, 4.69) is 34.3 Å². The first-order valence-corrected chi connectivity index (χ1v) is 7.51. The van der Waals surface area contributed by atoms with Crippen LogP contribution in [0.2, 0.25) is 0 Å². The molecule has 1 aliphatic carbocycles. The molecule has 3 rings (SSSR count). The zero-order valence-electron chi connectivity index (χ0n) is 12.5. The number of hydrogen-bond acceptors (Lipinski definition) is 4. The van der Waals surface area contributed by atoms with Crippen LogP contribution in [0.3, 0.4) is 0 Å². The number of likely N-dealkylation sites (N-methyl/N-ethyl adjacent to an activating group) is 1. The van der Waals surface area contributed by atoms with Gasteiger partial charge in [0.25, 0.3) is 0 Å². The van der Waals surface area contributed by atoms with Crippen molar-refractivity contribution in [1.29, 1.82) is 0 Å². The van der Waals surface area contributed by atoms with Crippen molar-refractivity contribution in [2.24, 2.45) is 0 Å². The molecule has 110 valence electrons. The number of nitrogens with one attached hydrogen (secondary N) is 1. The molecular formula is C17H21N3O. The van der Waals surface area contributed by atoms with Crippen LogP contribution in [0, 0.1) is 0 Å². The van der Waals surface area contributed by atoms with E-state index in [9.17, 15) is 0 Å². The Hall–Kier alpha value is -1.94. The second-order valence-corrected chi connectivity index (χ2v) is 5.33. The fourth-order valence-corrected chi connectivity index (χ4v) is 3.27. The highest BCUT2D eigenvalue weighted by atomic mass is 16.5. The normalized spacial score (nSPS) is 18.3. The highest BCUT2D eigenvalue weighted by Gasteiger charge is 2.33. The number of nitrogens with zero attached hydrogens (tertiary/aromatic N) is 2. The minimum atomic E-state index is 0.190. The van der Waals surface area contributed by atoms with E-state index in [0.29, 0.717) is 11.8 Å². The maximum Gasteiger partial charge on any atom is 0.217 e. The monoisotopic (exact) mass is 283 g/mol. The van der Waals surface area contributed by atoms with Gasteiger partial charge in [0.15, 0.2) is 0 Å². The molecule has 2 aromatic rings. The van der Waals surface area contributed by atoms with Crippen molar-refractivity contribution >= 4 is 0 Å². The zero-order valence-corrected chi connectivity index (χ0v) is 12.5. The molecule has 4 nitrogen and oxygen atoms in total. The number of ether oxygens (including phenoxy) is 1. The topological polar surface area (TPSA) is 47.0 Å². The van der Waals surface area contributed by atoms with E-state index >= 15 is 0 Å². The van der Waals surface area contributed by atoms with Gasteiger partial charge in [-0.15, -0.1) is 0 Å². The van der Waals surface area contributed by atoms with E-state index in [0.717, 1.165) is 24.9 Å². The predicted octanol–water partition coefficient (Wildman–Crippen LogP) is 2.87. The number of rotatable bonds is 5. The van der Waals surface area contributed by atoms with E-state index in [1.54, 1.807) is 13.3 Å². The smallest absolute Gasteiger partial charge is 0.217 e. The molecule has 4 heteroatoms. The summed E-state index contributed by atoms with van der Waals surface area (Å²) in [5.74, 6) is 1.08. The molecule has 2 atom stereocenters. The van der Waals surface area contributed by atoms with Gasteiger partial charge in [-0.3, -0.25) is 4.98 Å². The summed E-state index contributed by atoms with van der Waals surface area (Å²) in [4.78, 5) is 8.97. The molecule has 2 heterocycles. The zero-order chi connectivity index (χ0) is 14.7. The van der Waals surface area contributed by atoms with Crippen LogP contribution in [0.15, 0.2) is 36.7 Å². The number of aromatic nitrogens is 2. The summed E-state index contributed by atoms with van der Waals surface area (Å²) >= 11 is 0. The molecule has 1 aliphatic rings. The summed E-state index contributed by atoms with van der Waals surface area (Å²) in [7, 11) is 1.68. The first-order chi connectivity index (χ1) is 10.3. The van der Waals surface area contributed by atoms with E-state index in [1.807, 2.05) is 18.3 Å². The average Bonchev–Trinajstić information content (AvgIpc) is 2.96. The quantitative estimate of drug-likeness (QED) is 0.916. The first kappa shape index (κ1) is 14.0. The molecule has 2 unspecified atom stereocenters. The van der Waals surface area contributed by atoms with E-state index < -0.39 is 0 Å². The van der Waals surface area contributed by atoms with Crippen molar-refractivity contribution < 1.29 is 4.74 Å². The molecule has 0 saturated heterocycles. The van der Waals surface area contributed by atoms with Gasteiger partial charge in [-0.2, -0.15) is 0 Å². The van der Waals surface area contributed by atoms with Crippen molar-refractivity contribution in [2.45, 2.75) is 31.7 Å². The lowest BCUT2D eigenvalue weighted by Crippen LogP contribution is -2.27. The number of pyridine rings is 2. The minimum absolute atomic E-state index is 0.190. The van der Waals surface area contributed by atoms with Gasteiger partial charge in [0.1, 0.15) is 0 Å². The van der Waals surface area contributed by atoms with Crippen LogP contribution < -0.4 is 10.1 Å². The Morgan fingerprint density at radius 2 is 2.10 bits per heavy atom. The van der Waals surface area contributed by atoms with E-state index in [4.69, 9.17) is 4.74 Å². The van der Waals surface area contributed by atoms with Gasteiger partial charge in [-0.05, 0) is 37.1 Å². The first-order valence-electron chi connectivity index (χ1n) is 7.51. The molecule has 0 amide bonds. The summed E-state index contributed by atoms with van der Waals surface area (Å²) in [6.45, 7) is 3.03. The maximum absolute atomic E-state index is 5.45. The van der Waals surface area contributed by atoms with Crippen molar-refractivity contribution in [1.82, 2.24) is 15.3 Å². The SMILES string of the molecule is CCNC(c1cccnc1OC)C1CCc2cccnc21. The summed E-state index contributed by atoms with van der Waals surface area (Å²) in [6, 6.07) is 8.46. The highest BCUT2D eigenvalue weighted by Crippen LogP contribution is 2.42. The Balaban J connectivity index is 2.00. The van der Waals surface area contributed by atoms with Crippen LogP contribution in [0.1, 0.15) is 42.1 Å². The molecular weight excluding hydrogens is 262 g/mol. The largest absolute Gasteiger partial charge is 0.481 e. The van der Waals surface area contributed by atoms with Crippen molar-refractivity contribution in [3.05, 3.63) is 53.5 Å². The molecule has 0 spiro atoms. The molecule has 21 heavy (non-hydrogen) atoms. The summed E-state index contributed by atoms with van der Waals surface area (Å²) in [5.41, 5.74) is 3.70. The van der Waals surface area contributed by atoms with Crippen LogP contribution in [0.4, 0.5) is 0 Å². The van der Waals surface area contributed by atoms with Crippen molar-refractivity contribution in [3.8, 4) is 5.88 Å². The fraction of sp³-hybridized carbons (Fsp3) is 0.412. The predicted molar refractivity (Wildman–Crippen MR) is 82.5 cm³/mol. The minimum Gasteiger partial charge on any atom is -0.481 e. The molecule has 1 N–H and O–H groups in total. The lowest BCUT2D eigenvalue weighted by Gasteiger charge is -2.26. The standard InChI is InChI=1S/C17H21N3O/c1-3-18-16(14-7-5-11-20-17(14)21-2)13-9-8-12-6-4-10-19-15(12)13/h4-7,10-11,13,16,18H,3,8-9H2,1-2H3. The van der Waals surface area contributed by atoms with Gasteiger partial charge in [0, 0.05) is 35.6 Å². The molecule has 2 aromatic heterocycles. The number of fused-ring (bicyclic) bond motifs is 1. The second-order valence-electron chi connectivity index (χ2n) is 5.33. The Kier molecular flexibility index (Phi) is 4.15. The van der Waals surface area contributed by atoms with Crippen LogP contribution >= 0.6 is 0 Å². The van der Waals surface area contributed by atoms with Crippen LogP contribution in [0.5, 0.6) is 5.88 Å². The third-order valence-corrected chi connectivity index (χ3v) is 4.16. The highest BCUT2D eigenvalue weighted by molar-refractivity contribution is 5.37. The molecule has 0 saturated carbocycles. The third-order valence-electron chi connectivity index (χ3n) is 4.16. The fourth-order valence-electron chi connectivity index (χ4n) is 3.27. The summed E-state index contributed by atoms with van der Waals surface area (Å²) in [5, 5.41) is 3.60. The van der Waals surface area contributed by atoms with Gasteiger partial charge >= 0.3 is 0 Å². The molecule has 0 radical (unpaired) electrons. The van der Waals surface area contributed by atoms with E-state index in [-0.39, 0.29) is 6.04 Å². The molecule has 0 aromatic carbocycles. The Morgan fingerprint density at radius 1 is 1.29 bits per heavy atom. The van der Waals surface area contributed by atoms with Gasteiger partial charge in [0.05, 0.1) is 7.11 Å². The van der Waals surface area contributed by atoms with Gasteiger partial charge in [-0.1, -0.05) is 19.1 Å². The summed E-state index contributed by atoms with van der Waals surface area (Å²) < 4.78 is 5.45. The number of hydrogen-bond donors (Lipinski definition) is 1. The second kappa shape index (κ2) is 6.22. The lowest BCUT2D eigenvalue weighted by atomic mass is 9.91. The van der Waals surface area contributed by atoms with E-state index in [1.165, 1.54) is 11.3 Å². The number of aryl methyl sites for hydroxylation is 1. The van der Waals surface area contributed by atoms with Crippen LogP contribution in [-0.4, -0.2) is 23.6 Å². The van der Waals surface area contributed by atoms with Crippen molar-refractivity contribution in [3.63, 3.8) is 0 Å². The van der Waals surface area contributed by atoms with Gasteiger partial charge in [-0.25, -0.2) is 4.98 Å². The van der Waals surface area contributed by atoms with Gasteiger partial charge in [0.2, 0.25) is 5.88 Å². The molecule has 0 aliphatic heterocycles. The Bertz CT molecular complexity index is 614. The number of methoxy groups -OCH3 is 1. The van der Waals surface area contributed by atoms with Crippen LogP contribution in [0.25, 0.3) is 0 Å². The third kappa shape index (κ3) is 2.63. The van der Waals surface area contributed by atoms with Crippen LogP contribution in [-0.2, 0) is 6.42 Å². The summed E-state index contributed by atoms with van der Waals surface area (Å²) in [6.07, 6.45) is 5.87. The molecule has 0 fully saturated rings. The van der Waals surface area contributed by atoms with Gasteiger partial charge < -0.3 is 10.1 Å². The maximum atomic E-state index is 5.45. The molecule has 0 bridgehead atoms.